The van der Waals surface area contributed by atoms with Crippen LogP contribution >= 0.6 is 0 Å². The first kappa shape index (κ1) is 20.0. The molecule has 0 atom stereocenters. The van der Waals surface area contributed by atoms with Crippen LogP contribution in [-0.4, -0.2) is 26.9 Å². The van der Waals surface area contributed by atoms with Crippen molar-refractivity contribution in [1.29, 1.82) is 0 Å². The van der Waals surface area contributed by atoms with Crippen molar-refractivity contribution in [2.75, 3.05) is 0 Å². The van der Waals surface area contributed by atoms with Crippen molar-refractivity contribution in [3.8, 4) is 0 Å². The molecule has 3 rings (SSSR count). The minimum Gasteiger partial charge on any atom is -0.352 e. The number of hydrogen-bond acceptors (Lipinski definition) is 6. The van der Waals surface area contributed by atoms with Crippen LogP contribution < -0.4 is 10.6 Å². The van der Waals surface area contributed by atoms with E-state index in [1.165, 1.54) is 6.92 Å². The number of aryl methyl sites for hydroxylation is 1. The summed E-state index contributed by atoms with van der Waals surface area (Å²) in [6, 6.07) is 3.72. The standard InChI is InChI=1S/C20H27N5O3/c1-15(26)24-20(10-4-2-3-5-11-20)19-23-18(28-25-19)7-6-17(27)22-14-16-8-12-21-13-9-16/h8-9,12-13H,2-7,10-11,14H2,1H3,(H,22,27)(H,24,26). The Morgan fingerprint density at radius 3 is 2.54 bits per heavy atom. The number of nitrogens with zero attached hydrogens (tertiary/aromatic N) is 3. The van der Waals surface area contributed by atoms with Crippen LogP contribution in [0.15, 0.2) is 29.0 Å². The fraction of sp³-hybridized carbons (Fsp3) is 0.550. The summed E-state index contributed by atoms with van der Waals surface area (Å²) < 4.78 is 5.38. The molecule has 2 heterocycles. The lowest BCUT2D eigenvalue weighted by molar-refractivity contribution is -0.122. The molecule has 0 saturated heterocycles. The highest BCUT2D eigenvalue weighted by molar-refractivity contribution is 5.76. The number of carbonyl (C=O) groups excluding carboxylic acids is 2. The number of rotatable bonds is 7. The van der Waals surface area contributed by atoms with E-state index < -0.39 is 5.54 Å². The third-order valence-electron chi connectivity index (χ3n) is 5.07. The summed E-state index contributed by atoms with van der Waals surface area (Å²) in [6.45, 7) is 1.98. The monoisotopic (exact) mass is 385 g/mol. The van der Waals surface area contributed by atoms with Gasteiger partial charge in [-0.15, -0.1) is 0 Å². The molecule has 0 unspecified atom stereocenters. The normalized spacial score (nSPS) is 16.2. The van der Waals surface area contributed by atoms with E-state index in [9.17, 15) is 9.59 Å². The molecule has 1 aliphatic carbocycles. The van der Waals surface area contributed by atoms with Gasteiger partial charge in [-0.1, -0.05) is 30.8 Å². The molecular formula is C20H27N5O3. The molecule has 2 aromatic rings. The number of pyridine rings is 1. The third kappa shape index (κ3) is 5.37. The van der Waals surface area contributed by atoms with Crippen LogP contribution in [0.4, 0.5) is 0 Å². The Bertz CT molecular complexity index is 782. The Balaban J connectivity index is 1.57. The van der Waals surface area contributed by atoms with Crippen molar-refractivity contribution in [1.82, 2.24) is 25.8 Å². The first-order valence-corrected chi connectivity index (χ1v) is 9.85. The predicted molar refractivity (Wildman–Crippen MR) is 102 cm³/mol. The molecule has 8 heteroatoms. The van der Waals surface area contributed by atoms with Crippen molar-refractivity contribution in [3.63, 3.8) is 0 Å². The maximum absolute atomic E-state index is 12.1. The molecule has 0 spiro atoms. The van der Waals surface area contributed by atoms with Gasteiger partial charge < -0.3 is 15.2 Å². The molecule has 0 aliphatic heterocycles. The van der Waals surface area contributed by atoms with E-state index in [2.05, 4.69) is 25.8 Å². The van der Waals surface area contributed by atoms with E-state index in [0.717, 1.165) is 44.1 Å². The zero-order chi connectivity index (χ0) is 19.8. The topological polar surface area (TPSA) is 110 Å². The van der Waals surface area contributed by atoms with Crippen LogP contribution in [0.3, 0.4) is 0 Å². The van der Waals surface area contributed by atoms with Crippen LogP contribution in [0.2, 0.25) is 0 Å². The summed E-state index contributed by atoms with van der Waals surface area (Å²) >= 11 is 0. The van der Waals surface area contributed by atoms with E-state index >= 15 is 0 Å². The van der Waals surface area contributed by atoms with Crippen molar-refractivity contribution in [2.24, 2.45) is 0 Å². The molecule has 2 N–H and O–H groups in total. The number of aromatic nitrogens is 3. The minimum atomic E-state index is -0.562. The smallest absolute Gasteiger partial charge is 0.227 e. The highest BCUT2D eigenvalue weighted by Gasteiger charge is 2.38. The number of carbonyl (C=O) groups is 2. The van der Waals surface area contributed by atoms with E-state index in [1.807, 2.05) is 12.1 Å². The molecular weight excluding hydrogens is 358 g/mol. The molecule has 150 valence electrons. The van der Waals surface area contributed by atoms with E-state index in [-0.39, 0.29) is 18.2 Å². The number of nitrogens with one attached hydrogen (secondary N) is 2. The van der Waals surface area contributed by atoms with Crippen molar-refractivity contribution >= 4 is 11.8 Å². The maximum atomic E-state index is 12.1. The number of amides is 2. The van der Waals surface area contributed by atoms with Crippen LogP contribution in [0.1, 0.15) is 69.1 Å². The van der Waals surface area contributed by atoms with Gasteiger partial charge in [0.05, 0.1) is 0 Å². The van der Waals surface area contributed by atoms with Gasteiger partial charge in [-0.05, 0) is 30.5 Å². The van der Waals surface area contributed by atoms with E-state index in [0.29, 0.717) is 24.7 Å². The second-order valence-corrected chi connectivity index (χ2v) is 7.32. The van der Waals surface area contributed by atoms with Crippen molar-refractivity contribution in [2.45, 2.75) is 70.4 Å². The van der Waals surface area contributed by atoms with Gasteiger partial charge in [-0.2, -0.15) is 4.98 Å². The maximum Gasteiger partial charge on any atom is 0.227 e. The largest absolute Gasteiger partial charge is 0.352 e. The third-order valence-corrected chi connectivity index (χ3v) is 5.07. The van der Waals surface area contributed by atoms with Crippen LogP contribution in [0.5, 0.6) is 0 Å². The molecule has 0 bridgehead atoms. The summed E-state index contributed by atoms with van der Waals surface area (Å²) in [5.74, 6) is 0.770. The molecule has 0 aromatic carbocycles. The molecule has 2 aromatic heterocycles. The molecule has 8 nitrogen and oxygen atoms in total. The van der Waals surface area contributed by atoms with E-state index in [1.54, 1.807) is 12.4 Å². The Kier molecular flexibility index (Phi) is 6.73. The quantitative estimate of drug-likeness (QED) is 0.708. The fourth-order valence-electron chi connectivity index (χ4n) is 3.63. The summed E-state index contributed by atoms with van der Waals surface area (Å²) in [7, 11) is 0. The zero-order valence-electron chi connectivity index (χ0n) is 16.2. The van der Waals surface area contributed by atoms with Crippen molar-refractivity contribution < 1.29 is 14.1 Å². The first-order valence-electron chi connectivity index (χ1n) is 9.85. The molecule has 2 amide bonds. The highest BCUT2D eigenvalue weighted by Crippen LogP contribution is 2.34. The Morgan fingerprint density at radius 2 is 1.86 bits per heavy atom. The minimum absolute atomic E-state index is 0.0809. The Hall–Kier alpha value is -2.77. The van der Waals surface area contributed by atoms with E-state index in [4.69, 9.17) is 4.52 Å². The summed E-state index contributed by atoms with van der Waals surface area (Å²) in [6.07, 6.45) is 9.94. The SMILES string of the molecule is CC(=O)NC1(c2noc(CCC(=O)NCc3ccncc3)n2)CCCCCC1. The van der Waals surface area contributed by atoms with Crippen LogP contribution in [0.25, 0.3) is 0 Å². The van der Waals surface area contributed by atoms with Gasteiger partial charge in [0.1, 0.15) is 5.54 Å². The van der Waals surface area contributed by atoms with Gasteiger partial charge in [-0.3, -0.25) is 14.6 Å². The van der Waals surface area contributed by atoms with Crippen molar-refractivity contribution in [3.05, 3.63) is 41.8 Å². The molecule has 28 heavy (non-hydrogen) atoms. The first-order chi connectivity index (χ1) is 13.6. The molecule has 1 saturated carbocycles. The lowest BCUT2D eigenvalue weighted by Gasteiger charge is -2.30. The molecule has 1 aliphatic rings. The fourth-order valence-corrected chi connectivity index (χ4v) is 3.63. The summed E-state index contributed by atoms with van der Waals surface area (Å²) in [5, 5.41) is 10.1. The lowest BCUT2D eigenvalue weighted by Crippen LogP contribution is -2.45. The predicted octanol–water partition coefficient (Wildman–Crippen LogP) is 2.40. The zero-order valence-corrected chi connectivity index (χ0v) is 16.2. The lowest BCUT2D eigenvalue weighted by atomic mass is 9.89. The van der Waals surface area contributed by atoms with Gasteiger partial charge in [-0.25, -0.2) is 0 Å². The molecule has 0 radical (unpaired) electrons. The van der Waals surface area contributed by atoms with Gasteiger partial charge in [0.2, 0.25) is 17.7 Å². The number of hydrogen-bond donors (Lipinski definition) is 2. The van der Waals surface area contributed by atoms with Crippen LogP contribution in [0, 0.1) is 0 Å². The van der Waals surface area contributed by atoms with Gasteiger partial charge in [0.25, 0.3) is 0 Å². The van der Waals surface area contributed by atoms with Gasteiger partial charge >= 0.3 is 0 Å². The Labute approximate surface area is 164 Å². The highest BCUT2D eigenvalue weighted by atomic mass is 16.5. The van der Waals surface area contributed by atoms with Gasteiger partial charge in [0.15, 0.2) is 5.82 Å². The molecule has 1 fully saturated rings. The Morgan fingerprint density at radius 1 is 1.14 bits per heavy atom. The second-order valence-electron chi connectivity index (χ2n) is 7.32. The van der Waals surface area contributed by atoms with Gasteiger partial charge in [0, 0.05) is 38.7 Å². The summed E-state index contributed by atoms with van der Waals surface area (Å²) in [5.41, 5.74) is 0.433. The average Bonchev–Trinajstić information content (AvgIpc) is 3.05. The average molecular weight is 385 g/mol. The van der Waals surface area contributed by atoms with Crippen LogP contribution in [-0.2, 0) is 28.1 Å². The summed E-state index contributed by atoms with van der Waals surface area (Å²) in [4.78, 5) is 32.3. The second kappa shape index (κ2) is 9.43.